The van der Waals surface area contributed by atoms with E-state index in [1.807, 2.05) is 42.1 Å². The number of aromatic nitrogens is 2. The van der Waals surface area contributed by atoms with Crippen LogP contribution < -0.4 is 5.32 Å². The fourth-order valence-electron chi connectivity index (χ4n) is 2.63. The highest BCUT2D eigenvalue weighted by Crippen LogP contribution is 2.26. The van der Waals surface area contributed by atoms with Crippen LogP contribution in [-0.2, 0) is 16.6 Å². The Labute approximate surface area is 154 Å². The van der Waals surface area contributed by atoms with Crippen LogP contribution in [0.2, 0.25) is 0 Å². The molecule has 1 amide bonds. The van der Waals surface area contributed by atoms with Crippen LogP contribution in [0.1, 0.15) is 12.8 Å². The first-order valence-corrected chi connectivity index (χ1v) is 9.70. The Balaban J connectivity index is 1.54. The third-order valence-corrected chi connectivity index (χ3v) is 5.54. The van der Waals surface area contributed by atoms with Crippen molar-refractivity contribution in [1.82, 2.24) is 14.9 Å². The minimum absolute atomic E-state index is 0.0173. The van der Waals surface area contributed by atoms with Gasteiger partial charge < -0.3 is 14.6 Å². The van der Waals surface area contributed by atoms with Gasteiger partial charge in [-0.25, -0.2) is 4.98 Å². The minimum Gasteiger partial charge on any atom is -0.376 e. The molecule has 0 aliphatic carbocycles. The maximum absolute atomic E-state index is 12.0. The summed E-state index contributed by atoms with van der Waals surface area (Å²) in [5.74, 6) is 0.376. The van der Waals surface area contributed by atoms with Crippen molar-refractivity contribution in [3.8, 4) is 11.3 Å². The van der Waals surface area contributed by atoms with Gasteiger partial charge in [0.15, 0.2) is 5.16 Å². The van der Waals surface area contributed by atoms with Crippen molar-refractivity contribution in [2.75, 3.05) is 18.9 Å². The second-order valence-corrected chi connectivity index (χ2v) is 7.58. The van der Waals surface area contributed by atoms with Crippen LogP contribution in [0.15, 0.2) is 40.1 Å². The molecule has 0 bridgehead atoms. The van der Waals surface area contributed by atoms with Gasteiger partial charge in [0.25, 0.3) is 0 Å². The SMILES string of the molecule is Cn1c(-c2ccc(Br)cc2)cnc1SCC(=O)NC[C@@H]1CCCO1. The van der Waals surface area contributed by atoms with Gasteiger partial charge in [-0.05, 0) is 30.5 Å². The summed E-state index contributed by atoms with van der Waals surface area (Å²) in [6.45, 7) is 1.41. The van der Waals surface area contributed by atoms with Crippen molar-refractivity contribution in [2.45, 2.75) is 24.1 Å². The Morgan fingerprint density at radius 1 is 1.46 bits per heavy atom. The Morgan fingerprint density at radius 3 is 2.96 bits per heavy atom. The molecule has 2 heterocycles. The first kappa shape index (κ1) is 17.5. The van der Waals surface area contributed by atoms with Gasteiger partial charge >= 0.3 is 0 Å². The number of amides is 1. The highest BCUT2D eigenvalue weighted by Gasteiger charge is 2.16. The molecule has 1 aromatic heterocycles. The molecule has 5 nitrogen and oxygen atoms in total. The van der Waals surface area contributed by atoms with Crippen LogP contribution in [0, 0.1) is 0 Å². The van der Waals surface area contributed by atoms with E-state index in [9.17, 15) is 4.79 Å². The highest BCUT2D eigenvalue weighted by molar-refractivity contribution is 9.10. The number of hydrogen-bond acceptors (Lipinski definition) is 4. The molecule has 1 atom stereocenters. The molecular weight excluding hydrogens is 390 g/mol. The maximum Gasteiger partial charge on any atom is 0.230 e. The number of hydrogen-bond donors (Lipinski definition) is 1. The lowest BCUT2D eigenvalue weighted by Gasteiger charge is -2.10. The van der Waals surface area contributed by atoms with Crippen LogP contribution in [-0.4, -0.2) is 40.5 Å². The number of nitrogens with zero attached hydrogens (tertiary/aromatic N) is 2. The number of carbonyl (C=O) groups is 1. The number of imidazole rings is 1. The normalized spacial score (nSPS) is 17.2. The number of ether oxygens (including phenoxy) is 1. The fourth-order valence-corrected chi connectivity index (χ4v) is 3.68. The van der Waals surface area contributed by atoms with Crippen molar-refractivity contribution in [3.05, 3.63) is 34.9 Å². The molecule has 1 aliphatic rings. The second kappa shape index (κ2) is 8.18. The third kappa shape index (κ3) is 4.40. The molecule has 1 aromatic carbocycles. The van der Waals surface area contributed by atoms with E-state index < -0.39 is 0 Å². The largest absolute Gasteiger partial charge is 0.376 e. The summed E-state index contributed by atoms with van der Waals surface area (Å²) in [5.41, 5.74) is 2.13. The van der Waals surface area contributed by atoms with E-state index >= 15 is 0 Å². The fraction of sp³-hybridized carbons (Fsp3) is 0.412. The number of carbonyl (C=O) groups excluding carboxylic acids is 1. The van der Waals surface area contributed by atoms with E-state index in [-0.39, 0.29) is 12.0 Å². The van der Waals surface area contributed by atoms with E-state index in [4.69, 9.17) is 4.74 Å². The van der Waals surface area contributed by atoms with Crippen molar-refractivity contribution < 1.29 is 9.53 Å². The molecule has 0 saturated carbocycles. The van der Waals surface area contributed by atoms with Gasteiger partial charge in [-0.3, -0.25) is 4.79 Å². The molecular formula is C17H20BrN3O2S. The average molecular weight is 410 g/mol. The van der Waals surface area contributed by atoms with Crippen LogP contribution in [0.4, 0.5) is 0 Å². The Hall–Kier alpha value is -1.31. The first-order valence-electron chi connectivity index (χ1n) is 7.92. The first-order chi connectivity index (χ1) is 11.6. The van der Waals surface area contributed by atoms with Crippen molar-refractivity contribution in [1.29, 1.82) is 0 Å². The van der Waals surface area contributed by atoms with Crippen LogP contribution in [0.5, 0.6) is 0 Å². The van der Waals surface area contributed by atoms with Gasteiger partial charge in [-0.15, -0.1) is 0 Å². The van der Waals surface area contributed by atoms with Gasteiger partial charge in [-0.2, -0.15) is 0 Å². The molecule has 1 fully saturated rings. The number of halogens is 1. The highest BCUT2D eigenvalue weighted by atomic mass is 79.9. The smallest absolute Gasteiger partial charge is 0.230 e. The molecule has 128 valence electrons. The van der Waals surface area contributed by atoms with Crippen molar-refractivity contribution >= 4 is 33.6 Å². The molecule has 0 unspecified atom stereocenters. The molecule has 7 heteroatoms. The summed E-state index contributed by atoms with van der Waals surface area (Å²) in [5, 5.41) is 3.77. The van der Waals surface area contributed by atoms with Gasteiger partial charge in [0.05, 0.1) is 23.7 Å². The molecule has 1 aliphatic heterocycles. The van der Waals surface area contributed by atoms with E-state index in [1.54, 1.807) is 0 Å². The lowest BCUT2D eigenvalue weighted by atomic mass is 10.2. The summed E-state index contributed by atoms with van der Waals surface area (Å²) < 4.78 is 8.57. The molecule has 0 radical (unpaired) electrons. The van der Waals surface area contributed by atoms with Crippen molar-refractivity contribution in [3.63, 3.8) is 0 Å². The zero-order valence-corrected chi connectivity index (χ0v) is 15.9. The molecule has 1 saturated heterocycles. The van der Waals surface area contributed by atoms with Gasteiger partial charge in [0, 0.05) is 24.7 Å². The Morgan fingerprint density at radius 2 is 2.25 bits per heavy atom. The standard InChI is InChI=1S/C17H20BrN3O2S/c1-21-15(12-4-6-13(18)7-5-12)10-20-17(21)24-11-16(22)19-9-14-3-2-8-23-14/h4-7,10,14H,2-3,8-9,11H2,1H3,(H,19,22)/t14-/m0/s1. The third-order valence-electron chi connectivity index (χ3n) is 3.97. The minimum atomic E-state index is 0.0173. The molecule has 2 aromatic rings. The molecule has 3 rings (SSSR count). The summed E-state index contributed by atoms with van der Waals surface area (Å²) in [6, 6.07) is 8.11. The number of nitrogens with one attached hydrogen (secondary N) is 1. The molecule has 1 N–H and O–H groups in total. The molecule has 0 spiro atoms. The monoisotopic (exact) mass is 409 g/mol. The quantitative estimate of drug-likeness (QED) is 0.743. The lowest BCUT2D eigenvalue weighted by molar-refractivity contribution is -0.119. The number of benzene rings is 1. The Bertz CT molecular complexity index is 696. The summed E-state index contributed by atoms with van der Waals surface area (Å²) in [4.78, 5) is 16.4. The zero-order chi connectivity index (χ0) is 16.9. The topological polar surface area (TPSA) is 56.2 Å². The van der Waals surface area contributed by atoms with Crippen LogP contribution in [0.3, 0.4) is 0 Å². The summed E-state index contributed by atoms with van der Waals surface area (Å²) >= 11 is 4.89. The number of rotatable bonds is 6. The summed E-state index contributed by atoms with van der Waals surface area (Å²) in [7, 11) is 1.97. The van der Waals surface area contributed by atoms with Crippen molar-refractivity contribution in [2.24, 2.45) is 7.05 Å². The number of thioether (sulfide) groups is 1. The van der Waals surface area contributed by atoms with Gasteiger partial charge in [0.2, 0.25) is 5.91 Å². The Kier molecular flexibility index (Phi) is 5.97. The van der Waals surface area contributed by atoms with E-state index in [1.165, 1.54) is 11.8 Å². The van der Waals surface area contributed by atoms with E-state index in [0.29, 0.717) is 12.3 Å². The van der Waals surface area contributed by atoms with Crippen LogP contribution >= 0.6 is 27.7 Å². The predicted molar refractivity (Wildman–Crippen MR) is 99.1 cm³/mol. The van der Waals surface area contributed by atoms with E-state index in [0.717, 1.165) is 40.3 Å². The van der Waals surface area contributed by atoms with Crippen LogP contribution in [0.25, 0.3) is 11.3 Å². The predicted octanol–water partition coefficient (Wildman–Crippen LogP) is 3.24. The van der Waals surface area contributed by atoms with Gasteiger partial charge in [-0.1, -0.05) is 39.8 Å². The zero-order valence-electron chi connectivity index (χ0n) is 13.5. The summed E-state index contributed by atoms with van der Waals surface area (Å²) in [6.07, 6.45) is 4.14. The average Bonchev–Trinajstić information content (AvgIpc) is 3.22. The second-order valence-electron chi connectivity index (χ2n) is 5.72. The maximum atomic E-state index is 12.0. The van der Waals surface area contributed by atoms with E-state index in [2.05, 4.69) is 26.2 Å². The lowest BCUT2D eigenvalue weighted by Crippen LogP contribution is -2.32. The molecule has 24 heavy (non-hydrogen) atoms. The van der Waals surface area contributed by atoms with Gasteiger partial charge in [0.1, 0.15) is 0 Å².